The van der Waals surface area contributed by atoms with Gasteiger partial charge in [0.1, 0.15) is 0 Å². The van der Waals surface area contributed by atoms with Crippen molar-refractivity contribution >= 4 is 61.1 Å². The summed E-state index contributed by atoms with van der Waals surface area (Å²) in [5, 5.41) is 0.183. The molecule has 0 saturated heterocycles. The Morgan fingerprint density at radius 1 is 1.26 bits per heavy atom. The summed E-state index contributed by atoms with van der Waals surface area (Å²) < 4.78 is 68.7. The van der Waals surface area contributed by atoms with Crippen molar-refractivity contribution in [2.24, 2.45) is 0 Å². The molecule has 100 valence electrons. The van der Waals surface area contributed by atoms with E-state index >= 15 is 0 Å². The van der Waals surface area contributed by atoms with Crippen LogP contribution in [0.5, 0.6) is 0 Å². The van der Waals surface area contributed by atoms with Crippen LogP contribution in [-0.2, 0) is 16.3 Å². The van der Waals surface area contributed by atoms with Crippen LogP contribution in [0.15, 0.2) is 22.4 Å². The third kappa shape index (κ3) is 3.32. The number of fused-ring (bicyclic) bond motifs is 1. The molecule has 0 spiro atoms. The maximum absolute atomic E-state index is 12.5. The first-order chi connectivity index (χ1) is 8.10. The molecular weight excluding hydrogens is 312 g/mol. The van der Waals surface area contributed by atoms with Crippen LogP contribution in [0.25, 0.3) is 10.1 Å². The Morgan fingerprint density at radius 3 is 2.32 bits per heavy atom. The number of halogens is 3. The molecule has 1 heterocycles. The molecule has 0 atom stereocenters. The van der Waals surface area contributed by atoms with Gasteiger partial charge in [-0.3, -0.25) is 4.55 Å². The molecule has 0 saturated carbocycles. The van der Waals surface area contributed by atoms with Crippen LogP contribution < -0.4 is 0 Å². The number of benzene rings is 1. The number of hydrogen-bond donors (Lipinski definition) is 1. The summed E-state index contributed by atoms with van der Waals surface area (Å²) >= 11 is 0.745. The van der Waals surface area contributed by atoms with E-state index in [2.05, 4.69) is 0 Å². The molecule has 0 fully saturated rings. The number of hydrogen-bond acceptors (Lipinski definition) is 3. The van der Waals surface area contributed by atoms with Crippen LogP contribution in [0.3, 0.4) is 0 Å². The van der Waals surface area contributed by atoms with Gasteiger partial charge in [-0.25, -0.2) is 0 Å². The molecule has 19 heavy (non-hydrogen) atoms. The Morgan fingerprint density at radius 2 is 1.84 bits per heavy atom. The summed E-state index contributed by atoms with van der Waals surface area (Å²) in [6.07, 6.45) is -4.49. The molecule has 2 rings (SSSR count). The second kappa shape index (κ2) is 5.34. The fraction of sp³-hybridized carbons (Fsp3) is 0.200. The van der Waals surface area contributed by atoms with Crippen molar-refractivity contribution in [1.29, 1.82) is 0 Å². The molecule has 2 aromatic rings. The minimum atomic E-state index is -4.49. The zero-order chi connectivity index (χ0) is 13.7. The Balaban J connectivity index is 0.00000180. The summed E-state index contributed by atoms with van der Waals surface area (Å²) in [4.78, 5) is 0. The van der Waals surface area contributed by atoms with Gasteiger partial charge >= 0.3 is 45.9 Å². The number of thiophene rings is 1. The Hall–Kier alpha value is -0.120. The second-order valence-electron chi connectivity index (χ2n) is 3.70. The molecule has 0 bridgehead atoms. The van der Waals surface area contributed by atoms with Gasteiger partial charge in [-0.2, -0.15) is 21.6 Å². The van der Waals surface area contributed by atoms with E-state index in [-0.39, 0.29) is 44.7 Å². The maximum atomic E-state index is 12.5. The molecule has 1 N–H and O–H groups in total. The van der Waals surface area contributed by atoms with Gasteiger partial charge in [0.2, 0.25) is 0 Å². The van der Waals surface area contributed by atoms with E-state index in [9.17, 15) is 21.6 Å². The third-order valence-electron chi connectivity index (χ3n) is 2.45. The molecule has 1 aromatic heterocycles. The van der Waals surface area contributed by atoms with Gasteiger partial charge in [0.25, 0.3) is 0 Å². The molecular formula is C10H8F3NaO3S2. The van der Waals surface area contributed by atoms with Crippen molar-refractivity contribution < 1.29 is 26.1 Å². The zero-order valence-electron chi connectivity index (χ0n) is 8.95. The average molecular weight is 320 g/mol. The molecule has 0 unspecified atom stereocenters. The standard InChI is InChI=1S/C10H7F3O3S2.Na.H/c1-5-7-4-6(10(11,12)13)2-3-8(7)17-9(5)18(14,15)16;;/h2-4H,1H3,(H,14,15,16);;. The molecule has 9 heteroatoms. The molecule has 0 aliphatic rings. The first-order valence-corrected chi connectivity index (χ1v) is 6.94. The van der Waals surface area contributed by atoms with E-state index in [4.69, 9.17) is 4.55 Å². The summed E-state index contributed by atoms with van der Waals surface area (Å²) in [5.41, 5.74) is -0.721. The molecule has 0 amide bonds. The molecule has 0 radical (unpaired) electrons. The van der Waals surface area contributed by atoms with E-state index in [0.717, 1.165) is 23.5 Å². The van der Waals surface area contributed by atoms with E-state index in [0.29, 0.717) is 4.70 Å². The van der Waals surface area contributed by atoms with Crippen molar-refractivity contribution in [3.8, 4) is 0 Å². The van der Waals surface area contributed by atoms with Gasteiger partial charge in [-0.1, -0.05) is 0 Å². The fourth-order valence-corrected chi connectivity index (χ4v) is 3.73. The van der Waals surface area contributed by atoms with Crippen molar-refractivity contribution in [2.75, 3.05) is 0 Å². The van der Waals surface area contributed by atoms with Gasteiger partial charge in [0.05, 0.1) is 5.56 Å². The Kier molecular flexibility index (Phi) is 4.76. The van der Waals surface area contributed by atoms with E-state index < -0.39 is 21.9 Å². The normalized spacial score (nSPS) is 12.5. The van der Waals surface area contributed by atoms with Crippen molar-refractivity contribution in [3.05, 3.63) is 29.3 Å². The third-order valence-corrected chi connectivity index (χ3v) is 5.18. The van der Waals surface area contributed by atoms with Gasteiger partial charge in [-0.05, 0) is 36.1 Å². The van der Waals surface area contributed by atoms with Gasteiger partial charge in [0.15, 0.2) is 4.21 Å². The van der Waals surface area contributed by atoms with Gasteiger partial charge in [-0.15, -0.1) is 11.3 Å². The van der Waals surface area contributed by atoms with E-state index in [1.54, 1.807) is 0 Å². The molecule has 0 aliphatic heterocycles. The summed E-state index contributed by atoms with van der Waals surface area (Å²) in [5.74, 6) is 0. The predicted octanol–water partition coefficient (Wildman–Crippen LogP) is 2.83. The molecule has 0 aliphatic carbocycles. The number of aryl methyl sites for hydroxylation is 1. The summed E-state index contributed by atoms with van der Waals surface area (Å²) in [6.45, 7) is 1.36. The van der Waals surface area contributed by atoms with Crippen molar-refractivity contribution in [3.63, 3.8) is 0 Å². The van der Waals surface area contributed by atoms with Crippen LogP contribution >= 0.6 is 11.3 Å². The predicted molar refractivity (Wildman–Crippen MR) is 68.5 cm³/mol. The van der Waals surface area contributed by atoms with Crippen molar-refractivity contribution in [2.45, 2.75) is 17.3 Å². The first-order valence-electron chi connectivity index (χ1n) is 4.68. The Labute approximate surface area is 133 Å². The Bertz CT molecular complexity index is 719. The zero-order valence-corrected chi connectivity index (χ0v) is 10.6. The van der Waals surface area contributed by atoms with E-state index in [1.807, 2.05) is 0 Å². The first kappa shape index (κ1) is 16.9. The number of alkyl halides is 3. The molecule has 3 nitrogen and oxygen atoms in total. The summed E-state index contributed by atoms with van der Waals surface area (Å²) in [6, 6.07) is 2.96. The van der Waals surface area contributed by atoms with Crippen LogP contribution in [-0.4, -0.2) is 42.5 Å². The van der Waals surface area contributed by atoms with Crippen molar-refractivity contribution in [1.82, 2.24) is 0 Å². The molecule has 1 aromatic carbocycles. The minimum absolute atomic E-state index is 0. The fourth-order valence-electron chi connectivity index (χ4n) is 1.62. The van der Waals surface area contributed by atoms with E-state index in [1.165, 1.54) is 13.0 Å². The topological polar surface area (TPSA) is 54.4 Å². The second-order valence-corrected chi connectivity index (χ2v) is 6.37. The average Bonchev–Trinajstić information content (AvgIpc) is 2.54. The van der Waals surface area contributed by atoms with Crippen LogP contribution in [0.4, 0.5) is 13.2 Å². The van der Waals surface area contributed by atoms with Crippen LogP contribution in [0, 0.1) is 6.92 Å². The van der Waals surface area contributed by atoms with Crippen LogP contribution in [0.2, 0.25) is 0 Å². The number of rotatable bonds is 1. The van der Waals surface area contributed by atoms with Crippen LogP contribution in [0.1, 0.15) is 11.1 Å². The van der Waals surface area contributed by atoms with Gasteiger partial charge < -0.3 is 0 Å². The SMILES string of the molecule is Cc1c(S(=O)(=O)O)sc2ccc(C(F)(F)F)cc12.[NaH]. The summed E-state index contributed by atoms with van der Waals surface area (Å²) in [7, 11) is -4.41. The quantitative estimate of drug-likeness (QED) is 0.649. The monoisotopic (exact) mass is 320 g/mol. The van der Waals surface area contributed by atoms with Gasteiger partial charge in [0, 0.05) is 4.70 Å².